The van der Waals surface area contributed by atoms with Crippen molar-refractivity contribution in [1.82, 2.24) is 4.98 Å². The first kappa shape index (κ1) is 38.9. The predicted molar refractivity (Wildman–Crippen MR) is 224 cm³/mol. The van der Waals surface area contributed by atoms with Crippen molar-refractivity contribution in [2.45, 2.75) is 58.8 Å². The number of hydrogen-bond donors (Lipinski definition) is 0. The first-order valence-electron chi connectivity index (χ1n) is 19.3. The van der Waals surface area contributed by atoms with Crippen molar-refractivity contribution in [2.75, 3.05) is 54.0 Å². The maximum Gasteiger partial charge on any atom is 0.249 e. The van der Waals surface area contributed by atoms with Crippen molar-refractivity contribution in [3.8, 4) is 29.5 Å². The molecule has 3 aromatic rings. The molecule has 0 spiro atoms. The van der Waals surface area contributed by atoms with Crippen molar-refractivity contribution < 1.29 is 18.7 Å². The molecule has 3 aromatic carbocycles. The molecular formula is C45H53N3O5S. The summed E-state index contributed by atoms with van der Waals surface area (Å²) in [5, 5.41) is 1.41. The molecular weight excluding hydrogens is 695 g/mol. The molecule has 0 bridgehead atoms. The minimum atomic E-state index is -0.759. The van der Waals surface area contributed by atoms with E-state index in [0.29, 0.717) is 59.4 Å². The quantitative estimate of drug-likeness (QED) is 0.0308. The number of fused-ring (bicyclic) bond motifs is 4. The molecule has 6 rings (SSSR count). The van der Waals surface area contributed by atoms with Crippen LogP contribution >= 0.6 is 10.0 Å². The van der Waals surface area contributed by atoms with Crippen LogP contribution in [0.5, 0.6) is 5.75 Å². The minimum Gasteiger partial charge on any atom is -0.492 e. The first-order chi connectivity index (χ1) is 26.0. The first-order valence-corrected chi connectivity index (χ1v) is 22.3. The summed E-state index contributed by atoms with van der Waals surface area (Å²) in [5.74, 6) is 3.38. The topological polar surface area (TPSA) is 92.9 Å². The molecule has 2 amide bonds. The Balaban J connectivity index is 1.15. The molecule has 0 radical (unpaired) electrons. The highest BCUT2D eigenvalue weighted by Gasteiger charge is 2.48. The lowest BCUT2D eigenvalue weighted by Gasteiger charge is -2.31. The number of amides is 2. The molecule has 1 fully saturated rings. The van der Waals surface area contributed by atoms with E-state index in [1.54, 1.807) is 24.3 Å². The molecule has 0 saturated carbocycles. The number of hydrogen-bond acceptors (Lipinski definition) is 7. The van der Waals surface area contributed by atoms with E-state index in [1.807, 2.05) is 36.4 Å². The third-order valence-electron chi connectivity index (χ3n) is 10.5. The van der Waals surface area contributed by atoms with Crippen molar-refractivity contribution in [1.29, 1.82) is 0 Å². The van der Waals surface area contributed by atoms with Crippen LogP contribution in [0.3, 0.4) is 0 Å². The summed E-state index contributed by atoms with van der Waals surface area (Å²) in [6, 6.07) is 22.2. The van der Waals surface area contributed by atoms with Crippen LogP contribution in [-0.2, 0) is 9.59 Å². The van der Waals surface area contributed by atoms with Gasteiger partial charge in [0.25, 0.3) is 0 Å². The summed E-state index contributed by atoms with van der Waals surface area (Å²) >= 11 is 0. The van der Waals surface area contributed by atoms with Gasteiger partial charge in [-0.3, -0.25) is 14.4 Å². The van der Waals surface area contributed by atoms with E-state index in [0.717, 1.165) is 48.2 Å². The van der Waals surface area contributed by atoms with E-state index in [4.69, 9.17) is 20.6 Å². The Morgan fingerprint density at radius 2 is 1.65 bits per heavy atom. The van der Waals surface area contributed by atoms with Gasteiger partial charge in [-0.2, -0.15) is 0 Å². The SMILES string of the molecule is C#CC1C(=O)N(c2ccc(OCCN(CCCCCCC)c3ccc4nc5c6ccccc6c(=O)cc-5oc4c3)cc2)C(=O)C1CC(CC)CS(C)(C)C. The molecule has 3 atom stereocenters. The van der Waals surface area contributed by atoms with Crippen LogP contribution in [0, 0.1) is 30.1 Å². The van der Waals surface area contributed by atoms with Crippen molar-refractivity contribution >= 4 is 55.1 Å². The molecule has 1 aliphatic carbocycles. The van der Waals surface area contributed by atoms with Crippen LogP contribution in [0.15, 0.2) is 82.0 Å². The Kier molecular flexibility index (Phi) is 12.3. The number of nitrogens with zero attached hydrogens (tertiary/aromatic N) is 3. The van der Waals surface area contributed by atoms with Gasteiger partial charge in [0.05, 0.1) is 18.2 Å². The summed E-state index contributed by atoms with van der Waals surface area (Å²) in [4.78, 5) is 48.4. The molecule has 2 heterocycles. The average Bonchev–Trinajstić information content (AvgIpc) is 3.39. The minimum absolute atomic E-state index is 0.0879. The van der Waals surface area contributed by atoms with Crippen LogP contribution in [0.4, 0.5) is 11.4 Å². The summed E-state index contributed by atoms with van der Waals surface area (Å²) in [6.45, 7) is 6.26. The number of anilines is 2. The summed E-state index contributed by atoms with van der Waals surface area (Å²) in [5.41, 5.74) is 3.43. The molecule has 9 heteroatoms. The second kappa shape index (κ2) is 17.1. The third-order valence-corrected chi connectivity index (χ3v) is 11.9. The van der Waals surface area contributed by atoms with E-state index in [2.05, 4.69) is 49.5 Å². The third kappa shape index (κ3) is 8.76. The van der Waals surface area contributed by atoms with Crippen LogP contribution in [0.1, 0.15) is 58.8 Å². The van der Waals surface area contributed by atoms with E-state index < -0.39 is 21.9 Å². The Bertz CT molecular complexity index is 2170. The van der Waals surface area contributed by atoms with E-state index >= 15 is 0 Å². The molecule has 284 valence electrons. The smallest absolute Gasteiger partial charge is 0.249 e. The van der Waals surface area contributed by atoms with Gasteiger partial charge in [0.2, 0.25) is 11.8 Å². The highest BCUT2D eigenvalue weighted by molar-refractivity contribution is 8.32. The van der Waals surface area contributed by atoms with E-state index in [9.17, 15) is 14.4 Å². The summed E-state index contributed by atoms with van der Waals surface area (Å²) in [6.07, 6.45) is 20.1. The highest BCUT2D eigenvalue weighted by atomic mass is 32.3. The lowest BCUT2D eigenvalue weighted by molar-refractivity contribution is -0.122. The fraction of sp³-hybridized carbons (Fsp3) is 0.422. The monoisotopic (exact) mass is 747 g/mol. The van der Waals surface area contributed by atoms with Gasteiger partial charge >= 0.3 is 0 Å². The second-order valence-electron chi connectivity index (χ2n) is 15.4. The number of imide groups is 1. The molecule has 2 aliphatic heterocycles. The van der Waals surface area contributed by atoms with Crippen LogP contribution < -0.4 is 20.0 Å². The van der Waals surface area contributed by atoms with Gasteiger partial charge < -0.3 is 14.1 Å². The number of rotatable bonds is 17. The highest BCUT2D eigenvalue weighted by Crippen LogP contribution is 2.42. The molecule has 0 aromatic heterocycles. The van der Waals surface area contributed by atoms with Gasteiger partial charge in [-0.25, -0.2) is 19.9 Å². The standard InChI is InChI=1S/C45H53N3O5S/c1-7-10-11-12-15-24-47(33-20-23-39-41(28-33)53-42-29-40(49)36-16-13-14-17-37(36)43(42)46-39)25-26-52-34-21-18-32(19-22-34)48-44(50)35(9-3)38(45(48)51)27-31(8-2)30-54(4,5)6/h3,13-14,16-23,28-29,31,35,38H,7-8,10-12,15,24-27,30H2,1-2,4-6H3. The molecule has 8 nitrogen and oxygen atoms in total. The van der Waals surface area contributed by atoms with Gasteiger partial charge in [0.15, 0.2) is 16.8 Å². The Morgan fingerprint density at radius 1 is 0.907 bits per heavy atom. The summed E-state index contributed by atoms with van der Waals surface area (Å²) in [7, 11) is -0.759. The van der Waals surface area contributed by atoms with Gasteiger partial charge in [0.1, 0.15) is 29.5 Å². The number of ether oxygens (including phenoxy) is 1. The second-order valence-corrected chi connectivity index (χ2v) is 19.9. The Labute approximate surface area is 320 Å². The zero-order valence-corrected chi connectivity index (χ0v) is 33.1. The molecule has 3 aliphatic rings. The number of benzene rings is 4. The van der Waals surface area contributed by atoms with Gasteiger partial charge in [-0.05, 0) is 79.7 Å². The fourth-order valence-electron chi connectivity index (χ4n) is 7.68. The molecule has 0 N–H and O–H groups in total. The number of terminal acetylenes is 1. The van der Waals surface area contributed by atoms with Gasteiger partial charge in [0, 0.05) is 35.1 Å². The van der Waals surface area contributed by atoms with Crippen molar-refractivity contribution in [3.05, 3.63) is 83.0 Å². The summed E-state index contributed by atoms with van der Waals surface area (Å²) < 4.78 is 12.5. The Hall–Kier alpha value is -4.81. The van der Waals surface area contributed by atoms with Gasteiger partial charge in [-0.1, -0.05) is 76.1 Å². The largest absolute Gasteiger partial charge is 0.492 e. The van der Waals surface area contributed by atoms with Crippen LogP contribution in [0.25, 0.3) is 33.3 Å². The maximum atomic E-state index is 13.7. The normalized spacial score (nSPS) is 17.0. The lowest BCUT2D eigenvalue weighted by Crippen LogP contribution is -2.31. The number of aromatic nitrogens is 1. The number of unbranched alkanes of at least 4 members (excludes halogenated alkanes) is 4. The zero-order valence-electron chi connectivity index (χ0n) is 32.3. The van der Waals surface area contributed by atoms with Crippen LogP contribution in [-0.4, -0.2) is 61.0 Å². The average molecular weight is 748 g/mol. The fourth-order valence-corrected chi connectivity index (χ4v) is 9.46. The van der Waals surface area contributed by atoms with E-state index in [1.165, 1.54) is 30.2 Å². The lowest BCUT2D eigenvalue weighted by atomic mass is 9.86. The predicted octanol–water partition coefficient (Wildman–Crippen LogP) is 9.15. The van der Waals surface area contributed by atoms with Crippen molar-refractivity contribution in [2.24, 2.45) is 17.8 Å². The molecule has 1 saturated heterocycles. The zero-order chi connectivity index (χ0) is 38.4. The van der Waals surface area contributed by atoms with Gasteiger partial charge in [-0.15, -0.1) is 6.42 Å². The molecule has 3 unspecified atom stereocenters. The number of carbonyl (C=O) groups excluding carboxylic acids is 2. The van der Waals surface area contributed by atoms with Crippen molar-refractivity contribution in [3.63, 3.8) is 0 Å². The maximum absolute atomic E-state index is 13.7. The van der Waals surface area contributed by atoms with Crippen LogP contribution in [0.2, 0.25) is 0 Å². The van der Waals surface area contributed by atoms with E-state index in [-0.39, 0.29) is 17.2 Å². The number of carbonyl (C=O) groups is 2. The Morgan fingerprint density at radius 3 is 2.35 bits per heavy atom. The molecule has 54 heavy (non-hydrogen) atoms.